The molecular weight excluding hydrogens is 416 g/mol. The number of benzene rings is 3. The first-order valence-electron chi connectivity index (χ1n) is 9.40. The highest BCUT2D eigenvalue weighted by Gasteiger charge is 2.23. The Morgan fingerprint density at radius 1 is 0.935 bits per heavy atom. The summed E-state index contributed by atoms with van der Waals surface area (Å²) < 4.78 is 31.0. The van der Waals surface area contributed by atoms with Gasteiger partial charge < -0.3 is 10.1 Å². The van der Waals surface area contributed by atoms with E-state index in [0.29, 0.717) is 5.69 Å². The number of nitrogens with one attached hydrogen (secondary N) is 1. The second-order valence-electron chi connectivity index (χ2n) is 6.80. The number of esters is 1. The smallest absolute Gasteiger partial charge is 0.337 e. The molecule has 0 aliphatic heterocycles. The third-order valence-electron chi connectivity index (χ3n) is 4.53. The summed E-state index contributed by atoms with van der Waals surface area (Å²) in [6.07, 6.45) is 1.10. The van der Waals surface area contributed by atoms with Crippen LogP contribution in [0.15, 0.2) is 78.9 Å². The molecular formula is C23H22N2O5S. The second kappa shape index (κ2) is 9.44. The van der Waals surface area contributed by atoms with Crippen molar-refractivity contribution in [2.24, 2.45) is 0 Å². The third-order valence-corrected chi connectivity index (χ3v) is 5.65. The fourth-order valence-electron chi connectivity index (χ4n) is 3.05. The molecule has 0 saturated carbocycles. The number of ether oxygens (including phenoxy) is 1. The van der Waals surface area contributed by atoms with Crippen LogP contribution in [0, 0.1) is 0 Å². The molecule has 0 unspecified atom stereocenters. The summed E-state index contributed by atoms with van der Waals surface area (Å²) >= 11 is 0. The van der Waals surface area contributed by atoms with Crippen LogP contribution >= 0.6 is 0 Å². The van der Waals surface area contributed by atoms with Gasteiger partial charge in [0.25, 0.3) is 5.91 Å². The highest BCUT2D eigenvalue weighted by Crippen LogP contribution is 2.26. The summed E-state index contributed by atoms with van der Waals surface area (Å²) in [7, 11) is -2.40. The summed E-state index contributed by atoms with van der Waals surface area (Å²) in [6.45, 7) is 0.0851. The van der Waals surface area contributed by atoms with Gasteiger partial charge in [0.2, 0.25) is 10.0 Å². The zero-order valence-electron chi connectivity index (χ0n) is 17.1. The highest BCUT2D eigenvalue weighted by atomic mass is 32.2. The Balaban J connectivity index is 1.94. The third kappa shape index (κ3) is 5.49. The molecule has 3 aromatic carbocycles. The van der Waals surface area contributed by atoms with Crippen LogP contribution < -0.4 is 9.62 Å². The number of anilines is 2. The number of para-hydroxylation sites is 1. The largest absolute Gasteiger partial charge is 0.465 e. The molecule has 0 aromatic heterocycles. The van der Waals surface area contributed by atoms with E-state index in [2.05, 4.69) is 5.32 Å². The molecule has 8 heteroatoms. The summed E-state index contributed by atoms with van der Waals surface area (Å²) in [5.74, 6) is -1.03. The molecule has 0 fully saturated rings. The number of carbonyl (C=O) groups excluding carboxylic acids is 2. The monoisotopic (exact) mass is 438 g/mol. The lowest BCUT2D eigenvalue weighted by molar-refractivity contribution is 0.0600. The topological polar surface area (TPSA) is 92.8 Å². The lowest BCUT2D eigenvalue weighted by Gasteiger charge is -2.24. The number of amides is 1. The molecule has 1 N–H and O–H groups in total. The standard InChI is InChI=1S/C23H22N2O5S/c1-30-23(27)18-11-8-12-19(15-18)24-22(26)20-13-6-7-14-21(20)25(31(2,28)29)16-17-9-4-3-5-10-17/h3-15H,16H2,1-2H3,(H,24,26). The van der Waals surface area contributed by atoms with Crippen molar-refractivity contribution >= 4 is 33.3 Å². The van der Waals surface area contributed by atoms with E-state index >= 15 is 0 Å². The minimum absolute atomic E-state index is 0.0851. The number of carbonyl (C=O) groups is 2. The van der Waals surface area contributed by atoms with Crippen LogP contribution in [0.2, 0.25) is 0 Å². The van der Waals surface area contributed by atoms with Gasteiger partial charge in [0.1, 0.15) is 0 Å². The van der Waals surface area contributed by atoms with Gasteiger partial charge in [0, 0.05) is 5.69 Å². The van der Waals surface area contributed by atoms with Crippen LogP contribution in [-0.2, 0) is 21.3 Å². The number of hydrogen-bond donors (Lipinski definition) is 1. The van der Waals surface area contributed by atoms with Gasteiger partial charge in [-0.15, -0.1) is 0 Å². The van der Waals surface area contributed by atoms with Gasteiger partial charge in [-0.1, -0.05) is 48.5 Å². The molecule has 0 radical (unpaired) electrons. The van der Waals surface area contributed by atoms with Crippen molar-refractivity contribution in [1.82, 2.24) is 0 Å². The normalized spacial score (nSPS) is 10.9. The van der Waals surface area contributed by atoms with Crippen molar-refractivity contribution < 1.29 is 22.7 Å². The van der Waals surface area contributed by atoms with E-state index in [9.17, 15) is 18.0 Å². The molecule has 0 saturated heterocycles. The lowest BCUT2D eigenvalue weighted by atomic mass is 10.1. The van der Waals surface area contributed by atoms with Gasteiger partial charge in [-0.25, -0.2) is 13.2 Å². The van der Waals surface area contributed by atoms with Crippen LogP contribution in [0.4, 0.5) is 11.4 Å². The zero-order valence-corrected chi connectivity index (χ0v) is 17.9. The highest BCUT2D eigenvalue weighted by molar-refractivity contribution is 7.92. The van der Waals surface area contributed by atoms with Crippen LogP contribution in [0.1, 0.15) is 26.3 Å². The van der Waals surface area contributed by atoms with E-state index in [1.54, 1.807) is 42.5 Å². The van der Waals surface area contributed by atoms with Crippen LogP contribution in [-0.4, -0.2) is 33.7 Å². The van der Waals surface area contributed by atoms with Crippen molar-refractivity contribution in [3.63, 3.8) is 0 Å². The van der Waals surface area contributed by atoms with Crippen LogP contribution in [0.3, 0.4) is 0 Å². The zero-order chi connectivity index (χ0) is 22.4. The maximum absolute atomic E-state index is 13.0. The van der Waals surface area contributed by atoms with Crippen molar-refractivity contribution in [1.29, 1.82) is 0 Å². The molecule has 0 aliphatic rings. The maximum Gasteiger partial charge on any atom is 0.337 e. The predicted octanol–water partition coefficient (Wildman–Crippen LogP) is 3.69. The Morgan fingerprint density at radius 2 is 1.61 bits per heavy atom. The molecule has 0 heterocycles. The van der Waals surface area contributed by atoms with Crippen molar-refractivity contribution in [3.8, 4) is 0 Å². The van der Waals surface area contributed by atoms with Gasteiger partial charge in [-0.2, -0.15) is 0 Å². The van der Waals surface area contributed by atoms with E-state index in [0.717, 1.165) is 11.8 Å². The van der Waals surface area contributed by atoms with E-state index < -0.39 is 21.9 Å². The fraction of sp³-hybridized carbons (Fsp3) is 0.130. The van der Waals surface area contributed by atoms with Crippen LogP contribution in [0.25, 0.3) is 0 Å². The first-order valence-corrected chi connectivity index (χ1v) is 11.2. The number of sulfonamides is 1. The SMILES string of the molecule is COC(=O)c1cccc(NC(=O)c2ccccc2N(Cc2ccccc2)S(C)(=O)=O)c1. The summed E-state index contributed by atoms with van der Waals surface area (Å²) in [5, 5.41) is 2.72. The minimum Gasteiger partial charge on any atom is -0.465 e. The Hall–Kier alpha value is -3.65. The molecule has 31 heavy (non-hydrogen) atoms. The van der Waals surface area contributed by atoms with E-state index in [-0.39, 0.29) is 23.4 Å². The average Bonchev–Trinajstić information content (AvgIpc) is 2.77. The van der Waals surface area contributed by atoms with Gasteiger partial charge >= 0.3 is 5.97 Å². The van der Waals surface area contributed by atoms with Gasteiger partial charge in [-0.3, -0.25) is 9.10 Å². The Bertz CT molecular complexity index is 1190. The summed E-state index contributed by atoms with van der Waals surface area (Å²) in [6, 6.07) is 21.9. The molecule has 0 aliphatic carbocycles. The van der Waals surface area contributed by atoms with E-state index in [1.807, 2.05) is 30.3 Å². The lowest BCUT2D eigenvalue weighted by Crippen LogP contribution is -2.31. The van der Waals surface area contributed by atoms with Gasteiger partial charge in [0.15, 0.2) is 0 Å². The van der Waals surface area contributed by atoms with Crippen LogP contribution in [0.5, 0.6) is 0 Å². The van der Waals surface area contributed by atoms with Gasteiger partial charge in [0.05, 0.1) is 36.7 Å². The molecule has 1 amide bonds. The number of methoxy groups -OCH3 is 1. The average molecular weight is 439 g/mol. The molecule has 3 rings (SSSR count). The van der Waals surface area contributed by atoms with Crippen molar-refractivity contribution in [3.05, 3.63) is 95.6 Å². The van der Waals surface area contributed by atoms with Crippen molar-refractivity contribution in [2.75, 3.05) is 23.0 Å². The molecule has 0 atom stereocenters. The quantitative estimate of drug-likeness (QED) is 0.568. The molecule has 0 bridgehead atoms. The van der Waals surface area contributed by atoms with Gasteiger partial charge in [-0.05, 0) is 35.9 Å². The van der Waals surface area contributed by atoms with E-state index in [4.69, 9.17) is 4.74 Å². The first-order chi connectivity index (χ1) is 14.8. The Morgan fingerprint density at radius 3 is 2.29 bits per heavy atom. The molecule has 7 nitrogen and oxygen atoms in total. The van der Waals surface area contributed by atoms with E-state index in [1.165, 1.54) is 17.5 Å². The second-order valence-corrected chi connectivity index (χ2v) is 8.71. The molecule has 160 valence electrons. The number of rotatable bonds is 7. The molecule has 0 spiro atoms. The molecule has 3 aromatic rings. The summed E-state index contributed by atoms with van der Waals surface area (Å²) in [5.41, 5.74) is 1.91. The maximum atomic E-state index is 13.0. The minimum atomic E-state index is -3.67. The predicted molar refractivity (Wildman–Crippen MR) is 120 cm³/mol. The Kier molecular flexibility index (Phi) is 6.71. The summed E-state index contributed by atoms with van der Waals surface area (Å²) in [4.78, 5) is 24.8. The Labute approximate surface area is 181 Å². The number of hydrogen-bond acceptors (Lipinski definition) is 5. The fourth-order valence-corrected chi connectivity index (χ4v) is 3.95. The number of nitrogens with zero attached hydrogens (tertiary/aromatic N) is 1. The first kappa shape index (κ1) is 22.0. The van der Waals surface area contributed by atoms with Crippen molar-refractivity contribution in [2.45, 2.75) is 6.54 Å².